The molecule has 0 spiro atoms. The van der Waals surface area contributed by atoms with Crippen LogP contribution in [-0.4, -0.2) is 32.5 Å². The minimum Gasteiger partial charge on any atom is -0.465 e. The van der Waals surface area contributed by atoms with Gasteiger partial charge in [0.05, 0.1) is 12.7 Å². The van der Waals surface area contributed by atoms with E-state index in [0.29, 0.717) is 5.56 Å². The summed E-state index contributed by atoms with van der Waals surface area (Å²) in [6.07, 6.45) is 0.979. The Hall–Kier alpha value is -1.94. The number of halogens is 1. The third kappa shape index (κ3) is 2.40. The summed E-state index contributed by atoms with van der Waals surface area (Å²) < 4.78 is 41.6. The molecule has 1 fully saturated rings. The highest BCUT2D eigenvalue weighted by atomic mass is 32.2. The van der Waals surface area contributed by atoms with Gasteiger partial charge in [0, 0.05) is 12.2 Å². The number of esters is 1. The van der Waals surface area contributed by atoms with Gasteiger partial charge in [0.25, 0.3) is 0 Å². The lowest BCUT2D eigenvalue weighted by atomic mass is 10.0. The molecule has 7 heteroatoms. The first-order valence-electron chi connectivity index (χ1n) is 6.31. The minimum atomic E-state index is -3.64. The van der Waals surface area contributed by atoms with E-state index in [2.05, 4.69) is 0 Å². The standard InChI is InChI=1S/C14H14FNO4S/c1-3-20-13(17)14(8-16)11(12(14)21(2,18)19)9-4-6-10(15)7-5-9/h4-7,11-12H,3H2,1-2H3/t11-,12-,14-/m1/s1. The molecular weight excluding hydrogens is 297 g/mol. The number of nitriles is 1. The van der Waals surface area contributed by atoms with E-state index in [1.54, 1.807) is 6.92 Å². The topological polar surface area (TPSA) is 84.2 Å². The molecule has 0 radical (unpaired) electrons. The number of rotatable bonds is 4. The Morgan fingerprint density at radius 2 is 2.00 bits per heavy atom. The van der Waals surface area contributed by atoms with E-state index in [1.165, 1.54) is 24.3 Å². The van der Waals surface area contributed by atoms with Crippen LogP contribution in [-0.2, 0) is 19.4 Å². The van der Waals surface area contributed by atoms with E-state index >= 15 is 0 Å². The molecule has 1 aliphatic carbocycles. The average molecular weight is 311 g/mol. The van der Waals surface area contributed by atoms with Gasteiger partial charge < -0.3 is 4.74 Å². The van der Waals surface area contributed by atoms with Crippen molar-refractivity contribution in [1.29, 1.82) is 5.26 Å². The van der Waals surface area contributed by atoms with E-state index in [1.807, 2.05) is 6.07 Å². The first kappa shape index (κ1) is 15.4. The number of sulfone groups is 1. The number of benzene rings is 1. The van der Waals surface area contributed by atoms with Gasteiger partial charge in [0.1, 0.15) is 11.1 Å². The maximum absolute atomic E-state index is 13.0. The highest BCUT2D eigenvalue weighted by molar-refractivity contribution is 7.91. The molecule has 21 heavy (non-hydrogen) atoms. The van der Waals surface area contributed by atoms with Crippen LogP contribution in [0.2, 0.25) is 0 Å². The summed E-state index contributed by atoms with van der Waals surface area (Å²) in [5.74, 6) is -2.16. The summed E-state index contributed by atoms with van der Waals surface area (Å²) in [6.45, 7) is 1.63. The Kier molecular flexibility index (Phi) is 3.76. The molecule has 3 atom stereocenters. The molecular formula is C14H14FNO4S. The summed E-state index contributed by atoms with van der Waals surface area (Å²) in [5, 5.41) is 8.22. The summed E-state index contributed by atoms with van der Waals surface area (Å²) in [5.41, 5.74) is -1.32. The van der Waals surface area contributed by atoms with Crippen molar-refractivity contribution in [3.8, 4) is 6.07 Å². The molecule has 0 N–H and O–H groups in total. The van der Waals surface area contributed by atoms with E-state index in [4.69, 9.17) is 4.74 Å². The molecule has 0 aromatic heterocycles. The maximum atomic E-state index is 13.0. The Labute approximate surface area is 122 Å². The van der Waals surface area contributed by atoms with Crippen LogP contribution >= 0.6 is 0 Å². The number of carbonyl (C=O) groups is 1. The van der Waals surface area contributed by atoms with Crippen LogP contribution in [0.15, 0.2) is 24.3 Å². The van der Waals surface area contributed by atoms with E-state index in [9.17, 15) is 22.9 Å². The van der Waals surface area contributed by atoms with Crippen molar-refractivity contribution >= 4 is 15.8 Å². The van der Waals surface area contributed by atoms with Gasteiger partial charge in [-0.25, -0.2) is 12.8 Å². The molecule has 1 aliphatic rings. The third-order valence-electron chi connectivity index (χ3n) is 3.62. The molecule has 1 saturated carbocycles. The van der Waals surface area contributed by atoms with Crippen molar-refractivity contribution in [3.05, 3.63) is 35.6 Å². The third-order valence-corrected chi connectivity index (χ3v) is 5.19. The normalized spacial score (nSPS) is 27.7. The molecule has 0 heterocycles. The lowest BCUT2D eigenvalue weighted by Gasteiger charge is -2.07. The Bertz CT molecular complexity index is 707. The molecule has 1 aromatic rings. The Balaban J connectivity index is 2.50. The lowest BCUT2D eigenvalue weighted by molar-refractivity contribution is -0.147. The molecule has 2 rings (SSSR count). The fraction of sp³-hybridized carbons (Fsp3) is 0.429. The fourth-order valence-corrected chi connectivity index (χ4v) is 4.48. The number of hydrogen-bond donors (Lipinski definition) is 0. The molecule has 5 nitrogen and oxygen atoms in total. The zero-order chi connectivity index (χ0) is 15.8. The van der Waals surface area contributed by atoms with Crippen molar-refractivity contribution < 1.29 is 22.3 Å². The summed E-state index contributed by atoms with van der Waals surface area (Å²) in [4.78, 5) is 12.1. The van der Waals surface area contributed by atoms with Gasteiger partial charge in [0.15, 0.2) is 15.3 Å². The maximum Gasteiger partial charge on any atom is 0.328 e. The van der Waals surface area contributed by atoms with Gasteiger partial charge in [-0.1, -0.05) is 12.1 Å². The molecule has 112 valence electrons. The molecule has 0 aliphatic heterocycles. The van der Waals surface area contributed by atoms with Crippen molar-refractivity contribution in [1.82, 2.24) is 0 Å². The Morgan fingerprint density at radius 1 is 1.43 bits per heavy atom. The number of ether oxygens (including phenoxy) is 1. The van der Waals surface area contributed by atoms with Crippen LogP contribution in [0.4, 0.5) is 4.39 Å². The molecule has 0 bridgehead atoms. The SMILES string of the molecule is CCOC(=O)[C@]1(C#N)[C@H](c2ccc(F)cc2)[C@H]1S(C)(=O)=O. The number of hydrogen-bond acceptors (Lipinski definition) is 5. The molecule has 0 unspecified atom stereocenters. The predicted octanol–water partition coefficient (Wildman–Crippen LogP) is 1.41. The first-order chi connectivity index (χ1) is 9.79. The Morgan fingerprint density at radius 3 is 2.43 bits per heavy atom. The van der Waals surface area contributed by atoms with Crippen LogP contribution in [0.25, 0.3) is 0 Å². The van der Waals surface area contributed by atoms with E-state index in [-0.39, 0.29) is 6.61 Å². The predicted molar refractivity (Wildman–Crippen MR) is 72.5 cm³/mol. The summed E-state index contributed by atoms with van der Waals surface area (Å²) >= 11 is 0. The zero-order valence-corrected chi connectivity index (χ0v) is 12.4. The summed E-state index contributed by atoms with van der Waals surface area (Å²) in [6, 6.07) is 6.91. The van der Waals surface area contributed by atoms with Crippen molar-refractivity contribution in [3.63, 3.8) is 0 Å². The number of nitrogens with zero attached hydrogens (tertiary/aromatic N) is 1. The van der Waals surface area contributed by atoms with E-state index < -0.39 is 38.2 Å². The molecule has 1 aromatic carbocycles. The fourth-order valence-electron chi connectivity index (χ4n) is 2.72. The molecule has 0 amide bonds. The van der Waals surface area contributed by atoms with Crippen LogP contribution in [0.1, 0.15) is 18.4 Å². The monoisotopic (exact) mass is 311 g/mol. The largest absolute Gasteiger partial charge is 0.465 e. The van der Waals surface area contributed by atoms with Gasteiger partial charge in [-0.3, -0.25) is 4.79 Å². The van der Waals surface area contributed by atoms with E-state index in [0.717, 1.165) is 6.26 Å². The zero-order valence-electron chi connectivity index (χ0n) is 11.5. The van der Waals surface area contributed by atoms with Crippen LogP contribution in [0, 0.1) is 22.6 Å². The van der Waals surface area contributed by atoms with Gasteiger partial charge in [-0.05, 0) is 24.6 Å². The minimum absolute atomic E-state index is 0.0505. The van der Waals surface area contributed by atoms with Crippen LogP contribution in [0.5, 0.6) is 0 Å². The van der Waals surface area contributed by atoms with Crippen LogP contribution < -0.4 is 0 Å². The molecule has 0 saturated heterocycles. The highest BCUT2D eigenvalue weighted by Gasteiger charge is 2.76. The van der Waals surface area contributed by atoms with Gasteiger partial charge in [-0.15, -0.1) is 0 Å². The second-order valence-electron chi connectivity index (χ2n) is 4.98. The highest BCUT2D eigenvalue weighted by Crippen LogP contribution is 2.63. The van der Waals surface area contributed by atoms with Crippen LogP contribution in [0.3, 0.4) is 0 Å². The quantitative estimate of drug-likeness (QED) is 0.785. The average Bonchev–Trinajstić information content (AvgIpc) is 3.10. The number of carbonyl (C=O) groups excluding carboxylic acids is 1. The van der Waals surface area contributed by atoms with Gasteiger partial charge in [-0.2, -0.15) is 5.26 Å². The first-order valence-corrected chi connectivity index (χ1v) is 8.27. The van der Waals surface area contributed by atoms with Crippen molar-refractivity contribution in [2.75, 3.05) is 12.9 Å². The van der Waals surface area contributed by atoms with Crippen molar-refractivity contribution in [2.45, 2.75) is 18.1 Å². The van der Waals surface area contributed by atoms with Gasteiger partial charge >= 0.3 is 5.97 Å². The lowest BCUT2D eigenvalue weighted by Crippen LogP contribution is -2.24. The van der Waals surface area contributed by atoms with Crippen molar-refractivity contribution in [2.24, 2.45) is 5.41 Å². The second-order valence-corrected chi connectivity index (χ2v) is 7.15. The summed E-state index contributed by atoms with van der Waals surface area (Å²) in [7, 11) is -3.64. The van der Waals surface area contributed by atoms with Gasteiger partial charge in [0.2, 0.25) is 0 Å². The second kappa shape index (κ2) is 5.11. The smallest absolute Gasteiger partial charge is 0.328 e.